The Morgan fingerprint density at radius 1 is 1.12 bits per heavy atom. The third kappa shape index (κ3) is 4.99. The van der Waals surface area contributed by atoms with Gasteiger partial charge in [0.2, 0.25) is 11.7 Å². The highest BCUT2D eigenvalue weighted by Gasteiger charge is 2.40. The van der Waals surface area contributed by atoms with Crippen LogP contribution in [-0.4, -0.2) is 57.2 Å². The van der Waals surface area contributed by atoms with Crippen LogP contribution in [0.25, 0.3) is 0 Å². The molecule has 0 radical (unpaired) electrons. The van der Waals surface area contributed by atoms with Gasteiger partial charge in [-0.2, -0.15) is 13.2 Å². The molecule has 1 aromatic carbocycles. The SMILES string of the molecule is C=S1(=O)CCC(C(=O)N2CCN(c3cc(C(F)(F)F)on3)CC2c2ccc(F)c(F)c2)CC1. The second-order valence-corrected chi connectivity index (χ2v) is 11.1. The van der Waals surface area contributed by atoms with Crippen molar-refractivity contribution in [2.24, 2.45) is 5.92 Å². The van der Waals surface area contributed by atoms with Crippen molar-refractivity contribution >= 4 is 27.1 Å². The Bertz CT molecular complexity index is 1130. The first-order valence-corrected chi connectivity index (χ1v) is 12.4. The first-order chi connectivity index (χ1) is 15.4. The Morgan fingerprint density at radius 3 is 2.42 bits per heavy atom. The molecule has 33 heavy (non-hydrogen) atoms. The van der Waals surface area contributed by atoms with Gasteiger partial charge in [-0.1, -0.05) is 11.2 Å². The van der Waals surface area contributed by atoms with E-state index in [0.717, 1.165) is 18.2 Å². The molecule has 4 rings (SSSR count). The Hall–Kier alpha value is -2.63. The lowest BCUT2D eigenvalue weighted by Gasteiger charge is -2.43. The summed E-state index contributed by atoms with van der Waals surface area (Å²) < 4.78 is 82.8. The van der Waals surface area contributed by atoms with Crippen molar-refractivity contribution in [1.29, 1.82) is 0 Å². The summed E-state index contributed by atoms with van der Waals surface area (Å²) in [7, 11) is -2.19. The molecule has 180 valence electrons. The van der Waals surface area contributed by atoms with E-state index >= 15 is 0 Å². The molecule has 0 bridgehead atoms. The van der Waals surface area contributed by atoms with Crippen molar-refractivity contribution in [2.75, 3.05) is 36.0 Å². The zero-order chi connectivity index (χ0) is 24.0. The minimum Gasteiger partial charge on any atom is -0.350 e. The minimum atomic E-state index is -4.70. The Labute approximate surface area is 187 Å². The molecule has 2 aliphatic rings. The van der Waals surface area contributed by atoms with Gasteiger partial charge in [0.1, 0.15) is 0 Å². The van der Waals surface area contributed by atoms with Gasteiger partial charge in [-0.25, -0.2) is 8.78 Å². The molecule has 12 heteroatoms. The highest BCUT2D eigenvalue weighted by Crippen LogP contribution is 2.35. The van der Waals surface area contributed by atoms with E-state index in [-0.39, 0.29) is 37.3 Å². The Kier molecular flexibility index (Phi) is 6.14. The van der Waals surface area contributed by atoms with Gasteiger partial charge in [0.25, 0.3) is 0 Å². The van der Waals surface area contributed by atoms with Crippen LogP contribution in [0.2, 0.25) is 0 Å². The van der Waals surface area contributed by atoms with Crippen molar-refractivity contribution < 1.29 is 35.5 Å². The lowest BCUT2D eigenvalue weighted by molar-refractivity contribution is -0.155. The number of carbonyl (C=O) groups excluding carboxylic acids is 1. The van der Waals surface area contributed by atoms with Crippen LogP contribution in [-0.2, 0) is 20.5 Å². The van der Waals surface area contributed by atoms with Crippen molar-refractivity contribution in [3.8, 4) is 0 Å². The average molecular weight is 491 g/mol. The zero-order valence-electron chi connectivity index (χ0n) is 17.5. The molecule has 1 amide bonds. The Morgan fingerprint density at radius 2 is 1.82 bits per heavy atom. The summed E-state index contributed by atoms with van der Waals surface area (Å²) in [5, 5.41) is 3.50. The van der Waals surface area contributed by atoms with Gasteiger partial charge in [0, 0.05) is 43.1 Å². The van der Waals surface area contributed by atoms with Gasteiger partial charge in [-0.05, 0) is 45.9 Å². The van der Waals surface area contributed by atoms with Gasteiger partial charge in [-0.3, -0.25) is 9.00 Å². The van der Waals surface area contributed by atoms with E-state index in [1.54, 1.807) is 0 Å². The summed E-state index contributed by atoms with van der Waals surface area (Å²) in [6.07, 6.45) is -3.88. The molecule has 2 aliphatic heterocycles. The number of alkyl halides is 3. The van der Waals surface area contributed by atoms with E-state index in [1.165, 1.54) is 15.9 Å². The lowest BCUT2D eigenvalue weighted by Crippen LogP contribution is -2.53. The summed E-state index contributed by atoms with van der Waals surface area (Å²) >= 11 is 0. The first kappa shape index (κ1) is 23.5. The van der Waals surface area contributed by atoms with E-state index in [1.807, 2.05) is 0 Å². The first-order valence-electron chi connectivity index (χ1n) is 10.3. The van der Waals surface area contributed by atoms with Crippen LogP contribution >= 0.6 is 0 Å². The number of anilines is 1. The normalized spacial score (nSPS) is 26.5. The van der Waals surface area contributed by atoms with E-state index in [4.69, 9.17) is 0 Å². The quantitative estimate of drug-likeness (QED) is 0.486. The molecule has 3 heterocycles. The highest BCUT2D eigenvalue weighted by atomic mass is 32.2. The molecule has 0 spiro atoms. The monoisotopic (exact) mass is 491 g/mol. The van der Waals surface area contributed by atoms with Crippen molar-refractivity contribution in [3.63, 3.8) is 0 Å². The van der Waals surface area contributed by atoms with Gasteiger partial charge in [0.05, 0.1) is 6.04 Å². The van der Waals surface area contributed by atoms with Crippen LogP contribution < -0.4 is 4.90 Å². The number of carbonyl (C=O) groups is 1. The van der Waals surface area contributed by atoms with Gasteiger partial charge >= 0.3 is 6.18 Å². The standard InChI is InChI=1S/C21H22F5N3O3S/c1-33(31)8-4-13(5-9-33)20(30)29-7-6-28(19-11-18(32-27-19)21(24,25)26)12-17(29)14-2-3-15(22)16(23)10-14/h2-3,10-11,13,17H,1,4-9,12H2. The van der Waals surface area contributed by atoms with E-state index in [2.05, 4.69) is 15.6 Å². The zero-order valence-corrected chi connectivity index (χ0v) is 18.3. The third-order valence-corrected chi connectivity index (χ3v) is 8.08. The minimum absolute atomic E-state index is 0.0133. The molecule has 1 atom stereocenters. The Balaban J connectivity index is 1.61. The smallest absolute Gasteiger partial charge is 0.350 e. The maximum Gasteiger partial charge on any atom is 0.452 e. The highest BCUT2D eigenvalue weighted by molar-refractivity contribution is 8.00. The molecule has 2 aromatic rings. The second kappa shape index (κ2) is 8.62. The number of amides is 1. The average Bonchev–Trinajstić information content (AvgIpc) is 3.26. The number of hydrogen-bond acceptors (Lipinski definition) is 5. The van der Waals surface area contributed by atoms with Gasteiger partial charge < -0.3 is 14.3 Å². The fraction of sp³-hybridized carbons (Fsp3) is 0.476. The molecule has 1 unspecified atom stereocenters. The number of piperazine rings is 1. The fourth-order valence-corrected chi connectivity index (χ4v) is 5.88. The number of hydrogen-bond donors (Lipinski definition) is 0. The number of benzene rings is 1. The molecular weight excluding hydrogens is 469 g/mol. The molecule has 0 aliphatic carbocycles. The van der Waals surface area contributed by atoms with Crippen LogP contribution in [0.5, 0.6) is 0 Å². The predicted molar refractivity (Wildman–Crippen MR) is 112 cm³/mol. The molecule has 0 saturated carbocycles. The van der Waals surface area contributed by atoms with Crippen LogP contribution in [0, 0.1) is 17.6 Å². The van der Waals surface area contributed by atoms with Crippen LogP contribution in [0.4, 0.5) is 27.8 Å². The van der Waals surface area contributed by atoms with Crippen molar-refractivity contribution in [1.82, 2.24) is 10.1 Å². The molecule has 2 saturated heterocycles. The number of halogens is 5. The predicted octanol–water partition coefficient (Wildman–Crippen LogP) is 3.49. The summed E-state index contributed by atoms with van der Waals surface area (Å²) in [6, 6.07) is 3.30. The summed E-state index contributed by atoms with van der Waals surface area (Å²) in [5.41, 5.74) is 0.309. The van der Waals surface area contributed by atoms with E-state index < -0.39 is 39.1 Å². The lowest BCUT2D eigenvalue weighted by atomic mass is 9.96. The molecule has 2 fully saturated rings. The van der Waals surface area contributed by atoms with E-state index in [9.17, 15) is 31.0 Å². The molecule has 0 N–H and O–H groups in total. The third-order valence-electron chi connectivity index (χ3n) is 6.12. The molecule has 6 nitrogen and oxygen atoms in total. The number of nitrogens with zero attached hydrogens (tertiary/aromatic N) is 3. The van der Waals surface area contributed by atoms with Crippen molar-refractivity contribution in [3.05, 3.63) is 47.2 Å². The fourth-order valence-electron chi connectivity index (χ4n) is 4.25. The van der Waals surface area contributed by atoms with Crippen LogP contribution in [0.15, 0.2) is 28.8 Å². The molecular formula is C21H22F5N3O3S. The maximum atomic E-state index is 14.0. The topological polar surface area (TPSA) is 66.7 Å². The number of aromatic nitrogens is 1. The largest absolute Gasteiger partial charge is 0.452 e. The number of rotatable bonds is 3. The van der Waals surface area contributed by atoms with Gasteiger partial charge in [-0.15, -0.1) is 0 Å². The molecule has 1 aromatic heterocycles. The summed E-state index contributed by atoms with van der Waals surface area (Å²) in [5.74, 6) is 0.320. The van der Waals surface area contributed by atoms with Crippen molar-refractivity contribution in [2.45, 2.75) is 25.1 Å². The summed E-state index contributed by atoms with van der Waals surface area (Å²) in [4.78, 5) is 16.4. The van der Waals surface area contributed by atoms with Crippen LogP contribution in [0.1, 0.15) is 30.2 Å². The second-order valence-electron chi connectivity index (χ2n) is 8.36. The van der Waals surface area contributed by atoms with Gasteiger partial charge in [0.15, 0.2) is 17.5 Å². The van der Waals surface area contributed by atoms with Crippen LogP contribution in [0.3, 0.4) is 0 Å². The van der Waals surface area contributed by atoms with E-state index in [0.29, 0.717) is 29.9 Å². The maximum absolute atomic E-state index is 14.0. The summed E-state index contributed by atoms with van der Waals surface area (Å²) in [6.45, 7) is 0.320.